The van der Waals surface area contributed by atoms with Gasteiger partial charge >= 0.3 is 5.97 Å². The number of hydrogen-bond donors (Lipinski definition) is 0. The molecule has 2 aromatic carbocycles. The Morgan fingerprint density at radius 1 is 0.889 bits per heavy atom. The zero-order valence-corrected chi connectivity index (χ0v) is 21.1. The highest BCUT2D eigenvalue weighted by molar-refractivity contribution is 5.90. The van der Waals surface area contributed by atoms with Gasteiger partial charge < -0.3 is 9.47 Å². The van der Waals surface area contributed by atoms with Gasteiger partial charge in [0.2, 0.25) is 0 Å². The second-order valence-electron chi connectivity index (χ2n) is 9.96. The largest absolute Gasteiger partial charge is 0.494 e. The maximum Gasteiger partial charge on any atom is 0.341 e. The van der Waals surface area contributed by atoms with Crippen LogP contribution in [-0.2, 0) is 4.74 Å². The fourth-order valence-corrected chi connectivity index (χ4v) is 5.73. The van der Waals surface area contributed by atoms with Crippen molar-refractivity contribution in [1.82, 2.24) is 0 Å². The van der Waals surface area contributed by atoms with E-state index in [-0.39, 0.29) is 23.5 Å². The van der Waals surface area contributed by atoms with Gasteiger partial charge in [-0.1, -0.05) is 24.3 Å². The van der Waals surface area contributed by atoms with Crippen LogP contribution in [0.25, 0.3) is 0 Å². The van der Waals surface area contributed by atoms with E-state index in [0.717, 1.165) is 25.7 Å². The van der Waals surface area contributed by atoms with E-state index < -0.39 is 23.4 Å². The van der Waals surface area contributed by atoms with Crippen LogP contribution in [0, 0.1) is 23.4 Å². The van der Waals surface area contributed by atoms with Gasteiger partial charge in [0.05, 0.1) is 12.2 Å². The average molecular weight is 501 g/mol. The van der Waals surface area contributed by atoms with Crippen molar-refractivity contribution >= 4 is 5.97 Å². The molecule has 0 radical (unpaired) electrons. The van der Waals surface area contributed by atoms with Gasteiger partial charge in [0.25, 0.3) is 0 Å². The van der Waals surface area contributed by atoms with Crippen molar-refractivity contribution in [1.29, 1.82) is 0 Å². The summed E-state index contributed by atoms with van der Waals surface area (Å²) < 4.78 is 55.3. The predicted molar refractivity (Wildman–Crippen MR) is 134 cm³/mol. The summed E-state index contributed by atoms with van der Waals surface area (Å²) in [6.07, 6.45) is 9.84. The van der Waals surface area contributed by atoms with Crippen molar-refractivity contribution < 1.29 is 27.4 Å². The molecular weight excluding hydrogens is 465 g/mol. The molecule has 2 aliphatic rings. The van der Waals surface area contributed by atoms with E-state index in [1.54, 1.807) is 19.1 Å². The van der Waals surface area contributed by atoms with Crippen LogP contribution in [0.15, 0.2) is 42.5 Å². The molecule has 194 valence electrons. The summed E-state index contributed by atoms with van der Waals surface area (Å²) in [4.78, 5) is 12.5. The van der Waals surface area contributed by atoms with Crippen LogP contribution in [0.4, 0.5) is 13.2 Å². The van der Waals surface area contributed by atoms with Gasteiger partial charge in [-0.15, -0.1) is 0 Å². The van der Waals surface area contributed by atoms with Crippen molar-refractivity contribution in [2.45, 2.75) is 83.2 Å². The second kappa shape index (κ2) is 12.0. The molecule has 0 bridgehead atoms. The third-order valence-electron chi connectivity index (χ3n) is 7.68. The molecule has 4 rings (SSSR count). The maximum absolute atomic E-state index is 15.1. The van der Waals surface area contributed by atoms with Crippen molar-refractivity contribution in [3.8, 4) is 5.75 Å². The standard InChI is InChI=1S/C30H35F3O3/c1-3-5-19-6-8-20(9-7-19)24-16-17-25(29(33)28(24)32)21-10-12-22(13-11-21)36-30(34)26-15-14-23(35-4-2)18-27(26)31/h3,5,14-22H,4,6-13H2,1-2H3/b5-3+. The zero-order chi connectivity index (χ0) is 25.7. The molecule has 0 aromatic heterocycles. The van der Waals surface area contributed by atoms with Crippen molar-refractivity contribution in [3.05, 3.63) is 76.6 Å². The topological polar surface area (TPSA) is 35.5 Å². The first-order chi connectivity index (χ1) is 17.4. The van der Waals surface area contributed by atoms with Crippen LogP contribution in [0.2, 0.25) is 0 Å². The Labute approximate surface area is 211 Å². The molecule has 2 saturated carbocycles. The van der Waals surface area contributed by atoms with E-state index in [0.29, 0.717) is 55.1 Å². The Bertz CT molecular complexity index is 1080. The molecular formula is C30H35F3O3. The first-order valence-electron chi connectivity index (χ1n) is 13.1. The molecule has 0 heterocycles. The number of halogens is 3. The van der Waals surface area contributed by atoms with Crippen molar-refractivity contribution in [2.75, 3.05) is 6.61 Å². The average Bonchev–Trinajstić information content (AvgIpc) is 2.87. The summed E-state index contributed by atoms with van der Waals surface area (Å²) in [7, 11) is 0. The predicted octanol–water partition coefficient (Wildman–Crippen LogP) is 8.24. The van der Waals surface area contributed by atoms with Crippen molar-refractivity contribution in [2.24, 2.45) is 5.92 Å². The summed E-state index contributed by atoms with van der Waals surface area (Å²) >= 11 is 0. The molecule has 6 heteroatoms. The van der Waals surface area contributed by atoms with E-state index in [4.69, 9.17) is 9.47 Å². The molecule has 0 aliphatic heterocycles. The summed E-state index contributed by atoms with van der Waals surface area (Å²) in [6.45, 7) is 4.21. The number of esters is 1. The summed E-state index contributed by atoms with van der Waals surface area (Å²) in [5.41, 5.74) is 0.764. The Balaban J connectivity index is 1.34. The highest BCUT2D eigenvalue weighted by Gasteiger charge is 2.31. The minimum Gasteiger partial charge on any atom is -0.494 e. The molecule has 36 heavy (non-hydrogen) atoms. The Morgan fingerprint density at radius 2 is 1.47 bits per heavy atom. The van der Waals surface area contributed by atoms with Gasteiger partial charge in [-0.3, -0.25) is 0 Å². The third-order valence-corrected chi connectivity index (χ3v) is 7.68. The summed E-state index contributed by atoms with van der Waals surface area (Å²) in [6, 6.07) is 7.59. The summed E-state index contributed by atoms with van der Waals surface area (Å²) in [5, 5.41) is 0. The minimum atomic E-state index is -0.736. The van der Waals surface area contributed by atoms with Gasteiger partial charge in [0, 0.05) is 6.07 Å². The third kappa shape index (κ3) is 5.96. The highest BCUT2D eigenvalue weighted by Crippen LogP contribution is 2.41. The van der Waals surface area contributed by atoms with Crippen LogP contribution in [0.5, 0.6) is 5.75 Å². The molecule has 0 atom stereocenters. The van der Waals surface area contributed by atoms with E-state index in [1.807, 2.05) is 6.92 Å². The second-order valence-corrected chi connectivity index (χ2v) is 9.96. The molecule has 2 aromatic rings. The number of carbonyl (C=O) groups excluding carboxylic acids is 1. The molecule has 3 nitrogen and oxygen atoms in total. The molecule has 0 unspecified atom stereocenters. The minimum absolute atomic E-state index is 0.0631. The van der Waals surface area contributed by atoms with Gasteiger partial charge in [0.1, 0.15) is 17.7 Å². The smallest absolute Gasteiger partial charge is 0.341 e. The van der Waals surface area contributed by atoms with Crippen molar-refractivity contribution in [3.63, 3.8) is 0 Å². The van der Waals surface area contributed by atoms with Gasteiger partial charge in [-0.2, -0.15) is 0 Å². The number of rotatable bonds is 7. The lowest BCUT2D eigenvalue weighted by atomic mass is 9.77. The maximum atomic E-state index is 15.1. The van der Waals surface area contributed by atoms with Gasteiger partial charge in [-0.25, -0.2) is 18.0 Å². The number of benzene rings is 2. The first kappa shape index (κ1) is 26.3. The monoisotopic (exact) mass is 500 g/mol. The van der Waals surface area contributed by atoms with E-state index in [1.165, 1.54) is 18.2 Å². The molecule has 0 spiro atoms. The van der Waals surface area contributed by atoms with Gasteiger partial charge in [-0.05, 0) is 106 Å². The van der Waals surface area contributed by atoms with E-state index in [9.17, 15) is 9.18 Å². The normalized spacial score (nSPS) is 24.6. The van der Waals surface area contributed by atoms with E-state index in [2.05, 4.69) is 12.2 Å². The fourth-order valence-electron chi connectivity index (χ4n) is 5.73. The Hall–Kier alpha value is -2.76. The number of hydrogen-bond acceptors (Lipinski definition) is 3. The Kier molecular flexibility index (Phi) is 8.76. The quantitative estimate of drug-likeness (QED) is 0.284. The fraction of sp³-hybridized carbons (Fsp3) is 0.500. The molecule has 0 N–H and O–H groups in total. The summed E-state index contributed by atoms with van der Waals surface area (Å²) in [5.74, 6) is -2.02. The van der Waals surface area contributed by atoms with Crippen LogP contribution in [-0.4, -0.2) is 18.7 Å². The number of carbonyl (C=O) groups is 1. The number of allylic oxidation sites excluding steroid dienone is 2. The molecule has 2 fully saturated rings. The van der Waals surface area contributed by atoms with Crippen LogP contribution in [0.3, 0.4) is 0 Å². The van der Waals surface area contributed by atoms with Crippen LogP contribution in [0.1, 0.15) is 98.5 Å². The zero-order valence-electron chi connectivity index (χ0n) is 21.1. The first-order valence-corrected chi connectivity index (χ1v) is 13.1. The lowest BCUT2D eigenvalue weighted by Gasteiger charge is -2.30. The van der Waals surface area contributed by atoms with Crippen LogP contribution >= 0.6 is 0 Å². The SMILES string of the molecule is C/C=C/C1CCC(c2ccc(C3CCC(OC(=O)c4ccc(OCC)cc4F)CC3)c(F)c2F)CC1. The molecule has 0 amide bonds. The van der Waals surface area contributed by atoms with Gasteiger partial charge in [0.15, 0.2) is 11.6 Å². The lowest BCUT2D eigenvalue weighted by Crippen LogP contribution is -2.25. The Morgan fingerprint density at radius 3 is 2.00 bits per heavy atom. The lowest BCUT2D eigenvalue weighted by molar-refractivity contribution is 0.0189. The molecule has 0 saturated heterocycles. The van der Waals surface area contributed by atoms with E-state index >= 15 is 8.78 Å². The van der Waals surface area contributed by atoms with Crippen LogP contribution < -0.4 is 4.74 Å². The molecule has 2 aliphatic carbocycles. The number of ether oxygens (including phenoxy) is 2. The highest BCUT2D eigenvalue weighted by atomic mass is 19.2.